The van der Waals surface area contributed by atoms with Crippen LogP contribution in [0.3, 0.4) is 0 Å². The van der Waals surface area contributed by atoms with Crippen LogP contribution in [0.2, 0.25) is 0 Å². The van der Waals surface area contributed by atoms with Crippen molar-refractivity contribution in [3.63, 3.8) is 0 Å². The summed E-state index contributed by atoms with van der Waals surface area (Å²) < 4.78 is 9.92. The SMILES string of the molecule is CCCCOB(O)OCCCC.[SnH4]. The van der Waals surface area contributed by atoms with E-state index in [1.165, 1.54) is 0 Å². The van der Waals surface area contributed by atoms with E-state index in [1.54, 1.807) is 0 Å². The monoisotopic (exact) mass is 298 g/mol. The molecule has 0 atom stereocenters. The van der Waals surface area contributed by atoms with Gasteiger partial charge in [-0.05, 0) is 12.8 Å². The Morgan fingerprint density at radius 2 is 1.38 bits per heavy atom. The molecule has 3 nitrogen and oxygen atoms in total. The molecule has 0 aliphatic carbocycles. The number of hydrogen-bond acceptors (Lipinski definition) is 3. The molecule has 0 aromatic heterocycles. The van der Waals surface area contributed by atoms with Crippen LogP contribution < -0.4 is 0 Å². The maximum atomic E-state index is 9.06. The average Bonchev–Trinajstić information content (AvgIpc) is 2.06. The van der Waals surface area contributed by atoms with E-state index in [-0.39, 0.29) is 23.9 Å². The van der Waals surface area contributed by atoms with Crippen LogP contribution in [0.1, 0.15) is 39.5 Å². The summed E-state index contributed by atoms with van der Waals surface area (Å²) in [6, 6.07) is 0. The third-order valence-corrected chi connectivity index (χ3v) is 1.52. The zero-order valence-electron chi connectivity index (χ0n) is 8.08. The van der Waals surface area contributed by atoms with Gasteiger partial charge in [0.05, 0.1) is 0 Å². The molecule has 0 unspecified atom stereocenters. The van der Waals surface area contributed by atoms with E-state index in [4.69, 9.17) is 14.3 Å². The Balaban J connectivity index is 0. The van der Waals surface area contributed by atoms with Gasteiger partial charge >= 0.3 is 31.2 Å². The molecule has 5 heteroatoms. The Hall–Kier alpha value is 0.744. The van der Waals surface area contributed by atoms with E-state index in [0.717, 1.165) is 25.7 Å². The van der Waals surface area contributed by atoms with Crippen molar-refractivity contribution in [1.29, 1.82) is 0 Å². The van der Waals surface area contributed by atoms with Crippen LogP contribution in [-0.2, 0) is 9.31 Å². The molecule has 1 N–H and O–H groups in total. The van der Waals surface area contributed by atoms with Crippen molar-refractivity contribution in [2.45, 2.75) is 39.5 Å². The first-order valence-corrected chi connectivity index (χ1v) is 4.72. The second-order valence-electron chi connectivity index (χ2n) is 2.76. The molecule has 0 heterocycles. The van der Waals surface area contributed by atoms with Crippen LogP contribution in [0, 0.1) is 0 Å². The van der Waals surface area contributed by atoms with E-state index in [0.29, 0.717) is 13.2 Å². The third kappa shape index (κ3) is 12.7. The molecule has 0 aliphatic rings. The molecular weight excluding hydrogens is 274 g/mol. The number of unbranched alkanes of at least 4 members (excludes halogenated alkanes) is 2. The van der Waals surface area contributed by atoms with Gasteiger partial charge in [-0.3, -0.25) is 0 Å². The molecule has 0 radical (unpaired) electrons. The molecule has 13 heavy (non-hydrogen) atoms. The van der Waals surface area contributed by atoms with Gasteiger partial charge in [-0.15, -0.1) is 0 Å². The molecule has 0 aromatic carbocycles. The fraction of sp³-hybridized carbons (Fsp3) is 1.00. The zero-order valence-corrected chi connectivity index (χ0v) is 8.08. The van der Waals surface area contributed by atoms with Crippen molar-refractivity contribution >= 4 is 31.2 Å². The Kier molecular flexibility index (Phi) is 15.9. The van der Waals surface area contributed by atoms with Crippen molar-refractivity contribution in [2.75, 3.05) is 13.2 Å². The van der Waals surface area contributed by atoms with Gasteiger partial charge in [-0.1, -0.05) is 26.7 Å². The minimum absolute atomic E-state index is 0. The summed E-state index contributed by atoms with van der Waals surface area (Å²) in [5.41, 5.74) is 0. The predicted molar refractivity (Wildman–Crippen MR) is 61.0 cm³/mol. The van der Waals surface area contributed by atoms with Gasteiger partial charge in [0, 0.05) is 13.2 Å². The normalized spacial score (nSPS) is 9.46. The Bertz CT molecular complexity index is 85.5. The summed E-state index contributed by atoms with van der Waals surface area (Å²) >= 11 is 0. The van der Waals surface area contributed by atoms with Crippen LogP contribution in [0.25, 0.3) is 0 Å². The van der Waals surface area contributed by atoms with Gasteiger partial charge in [0.15, 0.2) is 0 Å². The molecule has 0 saturated carbocycles. The number of rotatable bonds is 8. The molecule has 0 aliphatic heterocycles. The topological polar surface area (TPSA) is 38.7 Å². The average molecular weight is 297 g/mol. The summed E-state index contributed by atoms with van der Waals surface area (Å²) in [6.45, 7) is 5.30. The molecule has 0 spiro atoms. The third-order valence-electron chi connectivity index (χ3n) is 1.52. The van der Waals surface area contributed by atoms with E-state index in [2.05, 4.69) is 13.8 Å². The Morgan fingerprint density at radius 1 is 1.00 bits per heavy atom. The van der Waals surface area contributed by atoms with Gasteiger partial charge in [-0.2, -0.15) is 0 Å². The first-order chi connectivity index (χ1) is 5.81. The summed E-state index contributed by atoms with van der Waals surface area (Å²) in [5, 5.41) is 9.06. The second-order valence-corrected chi connectivity index (χ2v) is 2.76. The van der Waals surface area contributed by atoms with E-state index < -0.39 is 7.32 Å². The van der Waals surface area contributed by atoms with Gasteiger partial charge < -0.3 is 14.3 Å². The fourth-order valence-corrected chi connectivity index (χ4v) is 0.705. The molecule has 0 aromatic rings. The van der Waals surface area contributed by atoms with Crippen LogP contribution >= 0.6 is 0 Å². The van der Waals surface area contributed by atoms with Crippen LogP contribution in [0.5, 0.6) is 0 Å². The van der Waals surface area contributed by atoms with Crippen molar-refractivity contribution in [1.82, 2.24) is 0 Å². The van der Waals surface area contributed by atoms with Crippen LogP contribution in [0.4, 0.5) is 0 Å². The molecule has 80 valence electrons. The van der Waals surface area contributed by atoms with Crippen molar-refractivity contribution in [3.8, 4) is 0 Å². The Labute approximate surface area is 98.3 Å². The van der Waals surface area contributed by atoms with E-state index in [9.17, 15) is 0 Å². The first kappa shape index (κ1) is 16.2. The zero-order chi connectivity index (χ0) is 9.23. The predicted octanol–water partition coefficient (Wildman–Crippen LogP) is 0.145. The first-order valence-electron chi connectivity index (χ1n) is 4.72. The van der Waals surface area contributed by atoms with Gasteiger partial charge in [0.1, 0.15) is 0 Å². The van der Waals surface area contributed by atoms with Crippen molar-refractivity contribution < 1.29 is 14.3 Å². The molecule has 0 fully saturated rings. The van der Waals surface area contributed by atoms with Gasteiger partial charge in [-0.25, -0.2) is 0 Å². The number of hydrogen-bond donors (Lipinski definition) is 1. The fourth-order valence-electron chi connectivity index (χ4n) is 0.705. The van der Waals surface area contributed by atoms with E-state index >= 15 is 0 Å². The molecule has 0 saturated heterocycles. The second kappa shape index (κ2) is 12.7. The summed E-state index contributed by atoms with van der Waals surface area (Å²) in [4.78, 5) is 0. The summed E-state index contributed by atoms with van der Waals surface area (Å²) in [5.74, 6) is 0. The molecular formula is C8H23BO3Sn. The van der Waals surface area contributed by atoms with Crippen LogP contribution in [0.15, 0.2) is 0 Å². The molecule has 0 bridgehead atoms. The van der Waals surface area contributed by atoms with Crippen molar-refractivity contribution in [2.24, 2.45) is 0 Å². The molecule has 0 rings (SSSR count). The quantitative estimate of drug-likeness (QED) is 0.512. The summed E-state index contributed by atoms with van der Waals surface area (Å²) in [7, 11) is -1.02. The Morgan fingerprint density at radius 3 is 1.69 bits per heavy atom. The maximum absolute atomic E-state index is 9.06. The van der Waals surface area contributed by atoms with Crippen LogP contribution in [-0.4, -0.2) is 49.5 Å². The van der Waals surface area contributed by atoms with E-state index in [1.807, 2.05) is 0 Å². The van der Waals surface area contributed by atoms with Gasteiger partial charge in [0.2, 0.25) is 0 Å². The molecule has 0 amide bonds. The summed E-state index contributed by atoms with van der Waals surface area (Å²) in [6.07, 6.45) is 4.08. The van der Waals surface area contributed by atoms with Gasteiger partial charge in [0.25, 0.3) is 0 Å². The standard InChI is InChI=1S/C8H19BO3.Sn.4H/c1-3-5-7-11-9(10)12-8-6-4-2;;;;;/h10H,3-8H2,1-2H3;;;;;. The van der Waals surface area contributed by atoms with Crippen molar-refractivity contribution in [3.05, 3.63) is 0 Å². The minimum atomic E-state index is -1.02.